The topological polar surface area (TPSA) is 49.4 Å². The molecular formula is C20H24N2O2S. The van der Waals surface area contributed by atoms with Gasteiger partial charge in [-0.1, -0.05) is 24.1 Å². The lowest BCUT2D eigenvalue weighted by molar-refractivity contribution is 0.0828. The number of anilines is 1. The number of hydrogen-bond donors (Lipinski definition) is 1. The van der Waals surface area contributed by atoms with Gasteiger partial charge in [0, 0.05) is 24.5 Å². The van der Waals surface area contributed by atoms with Gasteiger partial charge in [-0.2, -0.15) is 0 Å². The molecule has 0 spiro atoms. The van der Waals surface area contributed by atoms with Crippen LogP contribution in [0.25, 0.3) is 0 Å². The molecule has 1 aliphatic rings. The van der Waals surface area contributed by atoms with Gasteiger partial charge in [0.25, 0.3) is 11.8 Å². The molecule has 0 saturated carbocycles. The second-order valence-electron chi connectivity index (χ2n) is 6.79. The van der Waals surface area contributed by atoms with E-state index in [-0.39, 0.29) is 11.8 Å². The minimum Gasteiger partial charge on any atom is -0.345 e. The number of nitrogens with one attached hydrogen (secondary N) is 1. The number of benzene rings is 1. The van der Waals surface area contributed by atoms with Crippen molar-refractivity contribution in [1.82, 2.24) is 4.90 Å². The Kier molecular flexibility index (Phi) is 5.23. The first-order chi connectivity index (χ1) is 12.0. The molecule has 0 aliphatic heterocycles. The average molecular weight is 356 g/mol. The summed E-state index contributed by atoms with van der Waals surface area (Å²) < 4.78 is 0. The number of amides is 2. The van der Waals surface area contributed by atoms with Crippen LogP contribution < -0.4 is 5.32 Å². The van der Waals surface area contributed by atoms with Crippen molar-refractivity contribution in [3.63, 3.8) is 0 Å². The van der Waals surface area contributed by atoms with Crippen molar-refractivity contribution in [2.45, 2.75) is 39.0 Å². The van der Waals surface area contributed by atoms with Crippen LogP contribution in [0, 0.1) is 6.92 Å². The van der Waals surface area contributed by atoms with Crippen LogP contribution in [0.3, 0.4) is 0 Å². The lowest BCUT2D eigenvalue weighted by Gasteiger charge is -2.14. The summed E-state index contributed by atoms with van der Waals surface area (Å²) in [6.07, 6.45) is 5.36. The van der Waals surface area contributed by atoms with Crippen LogP contribution in [-0.2, 0) is 12.8 Å². The summed E-state index contributed by atoms with van der Waals surface area (Å²) in [6.45, 7) is 1.99. The van der Waals surface area contributed by atoms with Crippen molar-refractivity contribution in [3.8, 4) is 0 Å². The molecule has 0 bridgehead atoms. The predicted octanol–water partition coefficient (Wildman–Crippen LogP) is 4.28. The molecule has 0 unspecified atom stereocenters. The van der Waals surface area contributed by atoms with Crippen molar-refractivity contribution in [3.05, 3.63) is 51.4 Å². The Balaban J connectivity index is 1.96. The summed E-state index contributed by atoms with van der Waals surface area (Å²) in [4.78, 5) is 28.2. The highest BCUT2D eigenvalue weighted by Gasteiger charge is 2.26. The van der Waals surface area contributed by atoms with E-state index in [1.165, 1.54) is 11.3 Å². The van der Waals surface area contributed by atoms with Gasteiger partial charge in [-0.15, -0.1) is 11.3 Å². The van der Waals surface area contributed by atoms with Gasteiger partial charge in [0.1, 0.15) is 5.00 Å². The molecule has 5 heteroatoms. The average Bonchev–Trinajstić information content (AvgIpc) is 2.75. The van der Waals surface area contributed by atoms with E-state index in [2.05, 4.69) is 5.32 Å². The fraction of sp³-hybridized carbons (Fsp3) is 0.400. The highest BCUT2D eigenvalue weighted by atomic mass is 32.1. The van der Waals surface area contributed by atoms with Gasteiger partial charge in [-0.05, 0) is 50.3 Å². The molecule has 0 fully saturated rings. The molecule has 0 saturated heterocycles. The van der Waals surface area contributed by atoms with Crippen molar-refractivity contribution >= 4 is 28.2 Å². The van der Waals surface area contributed by atoms with E-state index in [4.69, 9.17) is 0 Å². The molecule has 25 heavy (non-hydrogen) atoms. The fourth-order valence-corrected chi connectivity index (χ4v) is 4.44. The van der Waals surface area contributed by atoms with Gasteiger partial charge in [-0.3, -0.25) is 9.59 Å². The number of carbonyl (C=O) groups excluding carboxylic acids is 2. The lowest BCUT2D eigenvalue weighted by atomic mass is 10.0. The number of thiophene rings is 1. The number of fused-ring (bicyclic) bond motifs is 1. The van der Waals surface area contributed by atoms with Gasteiger partial charge in [-0.25, -0.2) is 0 Å². The van der Waals surface area contributed by atoms with E-state index in [0.717, 1.165) is 36.8 Å². The number of carbonyl (C=O) groups is 2. The zero-order valence-corrected chi connectivity index (χ0v) is 15.8. The monoisotopic (exact) mass is 356 g/mol. The van der Waals surface area contributed by atoms with Gasteiger partial charge in [0.05, 0.1) is 5.56 Å². The van der Waals surface area contributed by atoms with E-state index >= 15 is 0 Å². The molecule has 0 atom stereocenters. The molecule has 3 rings (SSSR count). The van der Waals surface area contributed by atoms with Crippen molar-refractivity contribution < 1.29 is 9.59 Å². The maximum atomic E-state index is 12.8. The third-order valence-electron chi connectivity index (χ3n) is 4.58. The van der Waals surface area contributed by atoms with Gasteiger partial charge in [0.15, 0.2) is 0 Å². The Morgan fingerprint density at radius 1 is 1.04 bits per heavy atom. The van der Waals surface area contributed by atoms with Gasteiger partial charge in [0.2, 0.25) is 0 Å². The van der Waals surface area contributed by atoms with Crippen LogP contribution in [-0.4, -0.2) is 30.8 Å². The second kappa shape index (κ2) is 7.40. The molecule has 4 nitrogen and oxygen atoms in total. The van der Waals surface area contributed by atoms with E-state index in [1.54, 1.807) is 30.3 Å². The fourth-order valence-electron chi connectivity index (χ4n) is 3.16. The van der Waals surface area contributed by atoms with Gasteiger partial charge >= 0.3 is 0 Å². The van der Waals surface area contributed by atoms with Crippen LogP contribution in [0.2, 0.25) is 0 Å². The van der Waals surface area contributed by atoms with E-state index in [0.29, 0.717) is 16.1 Å². The lowest BCUT2D eigenvalue weighted by Crippen LogP contribution is -2.24. The Hall–Kier alpha value is -2.14. The van der Waals surface area contributed by atoms with Crippen molar-refractivity contribution in [2.24, 2.45) is 0 Å². The Bertz CT molecular complexity index is 791. The predicted molar refractivity (Wildman–Crippen MR) is 103 cm³/mol. The van der Waals surface area contributed by atoms with E-state index < -0.39 is 0 Å². The summed E-state index contributed by atoms with van der Waals surface area (Å²) >= 11 is 1.57. The largest absolute Gasteiger partial charge is 0.345 e. The molecule has 132 valence electrons. The van der Waals surface area contributed by atoms with Crippen LogP contribution in [0.15, 0.2) is 24.3 Å². The molecule has 1 aliphatic carbocycles. The first-order valence-corrected chi connectivity index (χ1v) is 9.53. The van der Waals surface area contributed by atoms with Gasteiger partial charge < -0.3 is 10.2 Å². The van der Waals surface area contributed by atoms with Crippen molar-refractivity contribution in [1.29, 1.82) is 0 Å². The highest BCUT2D eigenvalue weighted by Crippen LogP contribution is 2.38. The quantitative estimate of drug-likeness (QED) is 0.835. The summed E-state index contributed by atoms with van der Waals surface area (Å²) in [5.74, 6) is -0.192. The minimum atomic E-state index is -0.163. The van der Waals surface area contributed by atoms with Crippen LogP contribution in [0.1, 0.15) is 56.0 Å². The molecule has 2 aromatic rings. The second-order valence-corrected chi connectivity index (χ2v) is 7.89. The summed E-state index contributed by atoms with van der Waals surface area (Å²) in [5.41, 5.74) is 3.55. The standard InChI is InChI=1S/C20H24N2O2S/c1-13-9-11-14(12-10-13)18(23)21-19-17(20(24)22(2)3)15-7-5-4-6-8-16(15)25-19/h9-12H,4-8H2,1-3H3,(H,21,23). The van der Waals surface area contributed by atoms with Crippen molar-refractivity contribution in [2.75, 3.05) is 19.4 Å². The smallest absolute Gasteiger partial charge is 0.256 e. The molecule has 2 amide bonds. The first kappa shape index (κ1) is 17.7. The third-order valence-corrected chi connectivity index (χ3v) is 5.79. The number of rotatable bonds is 3. The summed E-state index contributed by atoms with van der Waals surface area (Å²) in [7, 11) is 3.52. The molecule has 1 heterocycles. The third kappa shape index (κ3) is 3.76. The normalized spacial score (nSPS) is 13.7. The number of hydrogen-bond acceptors (Lipinski definition) is 3. The SMILES string of the molecule is Cc1ccc(C(=O)Nc2sc3c(c2C(=O)N(C)C)CCCCC3)cc1. The Labute approximate surface area is 152 Å². The molecule has 0 radical (unpaired) electrons. The summed E-state index contributed by atoms with van der Waals surface area (Å²) in [6, 6.07) is 7.47. The number of nitrogens with zero attached hydrogens (tertiary/aromatic N) is 1. The molecular weight excluding hydrogens is 332 g/mol. The van der Waals surface area contributed by atoms with Crippen LogP contribution in [0.5, 0.6) is 0 Å². The highest BCUT2D eigenvalue weighted by molar-refractivity contribution is 7.17. The minimum absolute atomic E-state index is 0.0291. The zero-order valence-electron chi connectivity index (χ0n) is 15.0. The Morgan fingerprint density at radius 2 is 1.72 bits per heavy atom. The molecule has 1 aromatic heterocycles. The van der Waals surface area contributed by atoms with E-state index in [9.17, 15) is 9.59 Å². The Morgan fingerprint density at radius 3 is 2.40 bits per heavy atom. The summed E-state index contributed by atoms with van der Waals surface area (Å²) in [5, 5.41) is 3.68. The molecule has 1 N–H and O–H groups in total. The maximum Gasteiger partial charge on any atom is 0.256 e. The zero-order chi connectivity index (χ0) is 18.0. The van der Waals surface area contributed by atoms with Crippen LogP contribution in [0.4, 0.5) is 5.00 Å². The first-order valence-electron chi connectivity index (χ1n) is 8.71. The van der Waals surface area contributed by atoms with Crippen LogP contribution >= 0.6 is 11.3 Å². The molecule has 1 aromatic carbocycles. The van der Waals surface area contributed by atoms with E-state index in [1.807, 2.05) is 31.2 Å². The maximum absolute atomic E-state index is 12.8. The number of aryl methyl sites for hydroxylation is 2.